The standard InChI is InChI=1S/C24H22N4O4/c1-3-32-21-11-8-15(12-22(21)31-2)14-25-28-24(30)16-9-10-18-19(13-16)27-23(26-18)17-6-4-5-7-20(17)29/h4-14,29H,3H2,1-2H3,(H,26,27)(H,28,30)/b25-14+. The van der Waals surface area contributed by atoms with Crippen molar-refractivity contribution in [1.29, 1.82) is 0 Å². The molecule has 4 aromatic rings. The van der Waals surface area contributed by atoms with Gasteiger partial charge in [0.15, 0.2) is 11.5 Å². The molecule has 0 aliphatic rings. The molecule has 0 spiro atoms. The fourth-order valence-electron chi connectivity index (χ4n) is 3.22. The van der Waals surface area contributed by atoms with Crippen molar-refractivity contribution < 1.29 is 19.4 Å². The number of phenols is 1. The van der Waals surface area contributed by atoms with Gasteiger partial charge in [-0.25, -0.2) is 10.4 Å². The van der Waals surface area contributed by atoms with Crippen LogP contribution in [0.5, 0.6) is 17.2 Å². The first-order valence-corrected chi connectivity index (χ1v) is 10.0. The Balaban J connectivity index is 1.49. The normalized spacial score (nSPS) is 11.1. The highest BCUT2D eigenvalue weighted by Gasteiger charge is 2.12. The van der Waals surface area contributed by atoms with Crippen molar-refractivity contribution in [2.45, 2.75) is 6.92 Å². The molecule has 32 heavy (non-hydrogen) atoms. The average Bonchev–Trinajstić information content (AvgIpc) is 3.23. The molecule has 3 aromatic carbocycles. The van der Waals surface area contributed by atoms with E-state index in [0.29, 0.717) is 46.1 Å². The minimum Gasteiger partial charge on any atom is -0.507 e. The number of methoxy groups -OCH3 is 1. The molecular weight excluding hydrogens is 408 g/mol. The molecule has 0 aliphatic carbocycles. The van der Waals surface area contributed by atoms with E-state index in [1.807, 2.05) is 19.1 Å². The number of hydrazone groups is 1. The van der Waals surface area contributed by atoms with Gasteiger partial charge >= 0.3 is 0 Å². The lowest BCUT2D eigenvalue weighted by Crippen LogP contribution is -2.17. The van der Waals surface area contributed by atoms with E-state index in [1.165, 1.54) is 6.21 Å². The fraction of sp³-hybridized carbons (Fsp3) is 0.125. The van der Waals surface area contributed by atoms with Crippen LogP contribution in [0.1, 0.15) is 22.8 Å². The van der Waals surface area contributed by atoms with Crippen LogP contribution in [0, 0.1) is 0 Å². The van der Waals surface area contributed by atoms with Crippen LogP contribution in [0.2, 0.25) is 0 Å². The van der Waals surface area contributed by atoms with E-state index in [2.05, 4.69) is 20.5 Å². The number of imidazole rings is 1. The number of ether oxygens (including phenoxy) is 2. The summed E-state index contributed by atoms with van der Waals surface area (Å²) in [6, 6.07) is 17.4. The second-order valence-electron chi connectivity index (χ2n) is 6.88. The Bertz CT molecular complexity index is 1300. The lowest BCUT2D eigenvalue weighted by molar-refractivity contribution is 0.0955. The topological polar surface area (TPSA) is 109 Å². The maximum atomic E-state index is 12.5. The molecule has 4 rings (SSSR count). The number of nitrogens with one attached hydrogen (secondary N) is 2. The molecule has 0 unspecified atom stereocenters. The van der Waals surface area contributed by atoms with Gasteiger partial charge in [-0.3, -0.25) is 4.79 Å². The number of carbonyl (C=O) groups is 1. The number of hydrogen-bond acceptors (Lipinski definition) is 6. The Hall–Kier alpha value is -4.33. The van der Waals surface area contributed by atoms with E-state index in [-0.39, 0.29) is 11.7 Å². The van der Waals surface area contributed by atoms with Crippen molar-refractivity contribution in [3.8, 4) is 28.6 Å². The van der Waals surface area contributed by atoms with Crippen molar-refractivity contribution in [3.05, 3.63) is 71.8 Å². The number of benzene rings is 3. The van der Waals surface area contributed by atoms with Crippen LogP contribution in [0.25, 0.3) is 22.4 Å². The number of aromatic hydroxyl groups is 1. The number of rotatable bonds is 7. The monoisotopic (exact) mass is 430 g/mol. The van der Waals surface area contributed by atoms with E-state index < -0.39 is 0 Å². The number of fused-ring (bicyclic) bond motifs is 1. The van der Waals surface area contributed by atoms with Crippen molar-refractivity contribution in [3.63, 3.8) is 0 Å². The molecule has 0 atom stereocenters. The van der Waals surface area contributed by atoms with E-state index >= 15 is 0 Å². The van der Waals surface area contributed by atoms with Crippen LogP contribution < -0.4 is 14.9 Å². The zero-order chi connectivity index (χ0) is 22.5. The maximum Gasteiger partial charge on any atom is 0.271 e. The predicted octanol–water partition coefficient (Wildman–Crippen LogP) is 4.11. The van der Waals surface area contributed by atoms with Gasteiger partial charge in [0.05, 0.1) is 36.5 Å². The summed E-state index contributed by atoms with van der Waals surface area (Å²) in [6.07, 6.45) is 1.53. The van der Waals surface area contributed by atoms with Gasteiger partial charge in [-0.2, -0.15) is 5.10 Å². The summed E-state index contributed by atoms with van der Waals surface area (Å²) in [5, 5.41) is 14.1. The van der Waals surface area contributed by atoms with Gasteiger partial charge in [-0.05, 0) is 61.0 Å². The molecule has 8 heteroatoms. The Morgan fingerprint density at radius 3 is 2.78 bits per heavy atom. The van der Waals surface area contributed by atoms with Crippen LogP contribution in [0.4, 0.5) is 0 Å². The number of hydrogen-bond donors (Lipinski definition) is 3. The van der Waals surface area contributed by atoms with Crippen LogP contribution in [0.3, 0.4) is 0 Å². The summed E-state index contributed by atoms with van der Waals surface area (Å²) >= 11 is 0. The highest BCUT2D eigenvalue weighted by atomic mass is 16.5. The summed E-state index contributed by atoms with van der Waals surface area (Å²) in [4.78, 5) is 20.2. The first kappa shape index (κ1) is 20.9. The molecule has 162 valence electrons. The number of aromatic amines is 1. The number of phenolic OH excluding ortho intramolecular Hbond substituents is 1. The van der Waals surface area contributed by atoms with Gasteiger partial charge in [-0.1, -0.05) is 12.1 Å². The molecule has 0 saturated carbocycles. The SMILES string of the molecule is CCOc1ccc(/C=N/NC(=O)c2ccc3nc(-c4ccccc4O)[nH]c3c2)cc1OC. The predicted molar refractivity (Wildman–Crippen MR) is 122 cm³/mol. The number of amides is 1. The van der Waals surface area contributed by atoms with Gasteiger partial charge in [0.2, 0.25) is 0 Å². The van der Waals surface area contributed by atoms with Crippen molar-refractivity contribution in [2.75, 3.05) is 13.7 Å². The van der Waals surface area contributed by atoms with Crippen LogP contribution in [-0.2, 0) is 0 Å². The zero-order valence-electron chi connectivity index (χ0n) is 17.6. The zero-order valence-corrected chi connectivity index (χ0v) is 17.6. The van der Waals surface area contributed by atoms with Crippen molar-refractivity contribution >= 4 is 23.2 Å². The first-order valence-electron chi connectivity index (χ1n) is 10.0. The third kappa shape index (κ3) is 4.39. The van der Waals surface area contributed by atoms with Crippen molar-refractivity contribution in [2.24, 2.45) is 5.10 Å². The lowest BCUT2D eigenvalue weighted by Gasteiger charge is -2.09. The molecule has 1 heterocycles. The molecule has 8 nitrogen and oxygen atoms in total. The molecule has 0 saturated heterocycles. The van der Waals surface area contributed by atoms with Gasteiger partial charge in [-0.15, -0.1) is 0 Å². The molecule has 0 fully saturated rings. The van der Waals surface area contributed by atoms with Crippen LogP contribution in [-0.4, -0.2) is 40.9 Å². The Kier molecular flexibility index (Phi) is 6.03. The lowest BCUT2D eigenvalue weighted by atomic mass is 10.2. The Morgan fingerprint density at radius 1 is 1.16 bits per heavy atom. The van der Waals surface area contributed by atoms with Crippen LogP contribution >= 0.6 is 0 Å². The van der Waals surface area contributed by atoms with E-state index in [1.54, 1.807) is 55.6 Å². The maximum absolute atomic E-state index is 12.5. The van der Waals surface area contributed by atoms with Gasteiger partial charge in [0, 0.05) is 5.56 Å². The summed E-state index contributed by atoms with van der Waals surface area (Å²) in [5.41, 5.74) is 5.65. The molecule has 0 aliphatic heterocycles. The molecule has 1 aromatic heterocycles. The highest BCUT2D eigenvalue weighted by Crippen LogP contribution is 2.29. The number of aromatic nitrogens is 2. The number of carbonyl (C=O) groups excluding carboxylic acids is 1. The largest absolute Gasteiger partial charge is 0.507 e. The van der Waals surface area contributed by atoms with E-state index in [4.69, 9.17) is 9.47 Å². The minimum absolute atomic E-state index is 0.129. The second kappa shape index (κ2) is 9.22. The molecule has 3 N–H and O–H groups in total. The molecule has 0 radical (unpaired) electrons. The van der Waals surface area contributed by atoms with Crippen molar-refractivity contribution in [1.82, 2.24) is 15.4 Å². The summed E-state index contributed by atoms with van der Waals surface area (Å²) in [5.74, 6) is 1.53. The fourth-order valence-corrected chi connectivity index (χ4v) is 3.22. The Morgan fingerprint density at radius 2 is 2.00 bits per heavy atom. The highest BCUT2D eigenvalue weighted by molar-refractivity contribution is 5.98. The van der Waals surface area contributed by atoms with Gasteiger partial charge < -0.3 is 19.6 Å². The molecule has 0 bridgehead atoms. The van der Waals surface area contributed by atoms with Gasteiger partial charge in [0.25, 0.3) is 5.91 Å². The average molecular weight is 430 g/mol. The second-order valence-corrected chi connectivity index (χ2v) is 6.88. The number of H-pyrrole nitrogens is 1. The molecule has 1 amide bonds. The Labute approximate surface area is 184 Å². The van der Waals surface area contributed by atoms with E-state index in [0.717, 1.165) is 5.56 Å². The van der Waals surface area contributed by atoms with E-state index in [9.17, 15) is 9.90 Å². The summed E-state index contributed by atoms with van der Waals surface area (Å²) in [6.45, 7) is 2.44. The number of nitrogens with zero attached hydrogens (tertiary/aromatic N) is 2. The number of para-hydroxylation sites is 1. The molecular formula is C24H22N4O4. The summed E-state index contributed by atoms with van der Waals surface area (Å²) in [7, 11) is 1.57. The third-order valence-corrected chi connectivity index (χ3v) is 4.77. The minimum atomic E-state index is -0.361. The van der Waals surface area contributed by atoms with Gasteiger partial charge in [0.1, 0.15) is 11.6 Å². The third-order valence-electron chi connectivity index (χ3n) is 4.77. The first-order chi connectivity index (χ1) is 15.6. The quantitative estimate of drug-likeness (QED) is 0.302. The smallest absolute Gasteiger partial charge is 0.271 e. The van der Waals surface area contributed by atoms with Crippen LogP contribution in [0.15, 0.2) is 65.8 Å². The summed E-state index contributed by atoms with van der Waals surface area (Å²) < 4.78 is 10.8.